The van der Waals surface area contributed by atoms with Crippen LogP contribution in [0.3, 0.4) is 0 Å². The zero-order valence-electron chi connectivity index (χ0n) is 32.8. The predicted octanol–water partition coefficient (Wildman–Crippen LogP) is 9.94. The summed E-state index contributed by atoms with van der Waals surface area (Å²) in [6.07, 6.45) is 43.7. The summed E-state index contributed by atoms with van der Waals surface area (Å²) in [6.45, 7) is 2.54. The van der Waals surface area contributed by atoms with Crippen LogP contribution >= 0.6 is 7.82 Å². The first-order chi connectivity index (χ1) is 26.1. The van der Waals surface area contributed by atoms with Crippen LogP contribution in [0.25, 0.3) is 0 Å². The molecule has 1 unspecified atom stereocenters. The Morgan fingerprint density at radius 3 is 1.48 bits per heavy atom. The molecule has 0 aromatic heterocycles. The molecule has 54 heavy (non-hydrogen) atoms. The molecule has 0 aliphatic heterocycles. The van der Waals surface area contributed by atoms with Gasteiger partial charge in [-0.15, -0.1) is 0 Å². The smallest absolute Gasteiger partial charge is 0.472 e. The SMILES string of the molecule is CC/C=C/C/C=C/C/C=C/C/C=C/CCCCC(=O)OC[C@H](COP(=O)(O)OC[C@H](N)C(=O)O)OC(=O)CCCC/C=C/C/C=C/C/C=C/CCCCC. The molecule has 3 atom stereocenters. The summed E-state index contributed by atoms with van der Waals surface area (Å²) in [6, 6.07) is -1.54. The molecule has 11 nitrogen and oxygen atoms in total. The molecule has 0 aromatic rings. The number of ether oxygens (including phenoxy) is 2. The Morgan fingerprint density at radius 1 is 0.593 bits per heavy atom. The second-order valence-electron chi connectivity index (χ2n) is 12.7. The quantitative estimate of drug-likeness (QED) is 0.0242. The first kappa shape index (κ1) is 50.7. The van der Waals surface area contributed by atoms with E-state index in [2.05, 4.69) is 103 Å². The van der Waals surface area contributed by atoms with Gasteiger partial charge < -0.3 is 25.2 Å². The van der Waals surface area contributed by atoms with Crippen molar-refractivity contribution in [2.24, 2.45) is 5.73 Å². The van der Waals surface area contributed by atoms with Gasteiger partial charge in [0.15, 0.2) is 6.10 Å². The Morgan fingerprint density at radius 2 is 1.02 bits per heavy atom. The van der Waals surface area contributed by atoms with E-state index < -0.39 is 51.1 Å². The summed E-state index contributed by atoms with van der Waals surface area (Å²) in [5, 5.41) is 8.87. The fourth-order valence-corrected chi connectivity index (χ4v) is 5.31. The highest BCUT2D eigenvalue weighted by molar-refractivity contribution is 7.47. The Balaban J connectivity index is 4.59. The minimum atomic E-state index is -4.74. The third-order valence-electron chi connectivity index (χ3n) is 7.63. The molecule has 0 aromatic carbocycles. The molecule has 12 heteroatoms. The third-order valence-corrected chi connectivity index (χ3v) is 8.58. The predicted molar refractivity (Wildman–Crippen MR) is 217 cm³/mol. The molecule has 0 amide bonds. The second-order valence-corrected chi connectivity index (χ2v) is 14.1. The van der Waals surface area contributed by atoms with Crippen LogP contribution in [0.1, 0.15) is 129 Å². The van der Waals surface area contributed by atoms with Gasteiger partial charge in [-0.3, -0.25) is 23.4 Å². The van der Waals surface area contributed by atoms with Crippen LogP contribution in [-0.2, 0) is 37.5 Å². The number of nitrogens with two attached hydrogens (primary N) is 1. The zero-order valence-corrected chi connectivity index (χ0v) is 33.7. The van der Waals surface area contributed by atoms with Crippen LogP contribution in [0, 0.1) is 0 Å². The van der Waals surface area contributed by atoms with Crippen molar-refractivity contribution in [3.05, 3.63) is 85.1 Å². The van der Waals surface area contributed by atoms with E-state index in [1.807, 2.05) is 0 Å². The Hall–Kier alpha value is -3.34. The van der Waals surface area contributed by atoms with Gasteiger partial charge in [-0.05, 0) is 89.9 Å². The first-order valence-electron chi connectivity index (χ1n) is 19.6. The molecule has 0 bridgehead atoms. The van der Waals surface area contributed by atoms with Gasteiger partial charge in [-0.2, -0.15) is 0 Å². The number of aliphatic carboxylic acids is 1. The number of carboxylic acid groups (broad SMARTS) is 1. The van der Waals surface area contributed by atoms with Crippen molar-refractivity contribution in [2.75, 3.05) is 19.8 Å². The van der Waals surface area contributed by atoms with Gasteiger partial charge in [-0.25, -0.2) is 4.57 Å². The molecular weight excluding hydrogens is 709 g/mol. The molecule has 0 spiro atoms. The number of carboxylic acids is 1. The van der Waals surface area contributed by atoms with Gasteiger partial charge in [0.2, 0.25) is 0 Å². The lowest BCUT2D eigenvalue weighted by atomic mass is 10.1. The largest absolute Gasteiger partial charge is 0.480 e. The number of phosphoric ester groups is 1. The molecule has 306 valence electrons. The highest BCUT2D eigenvalue weighted by atomic mass is 31.2. The topological polar surface area (TPSA) is 172 Å². The van der Waals surface area contributed by atoms with Crippen molar-refractivity contribution in [1.82, 2.24) is 0 Å². The van der Waals surface area contributed by atoms with Crippen molar-refractivity contribution in [3.8, 4) is 0 Å². The molecule has 0 aliphatic carbocycles. The highest BCUT2D eigenvalue weighted by Crippen LogP contribution is 2.43. The monoisotopic (exact) mass is 777 g/mol. The van der Waals surface area contributed by atoms with Crippen molar-refractivity contribution in [2.45, 2.75) is 142 Å². The van der Waals surface area contributed by atoms with Gasteiger partial charge in [0.1, 0.15) is 12.6 Å². The van der Waals surface area contributed by atoms with E-state index in [9.17, 15) is 23.8 Å². The lowest BCUT2D eigenvalue weighted by Crippen LogP contribution is -2.34. The van der Waals surface area contributed by atoms with Crippen molar-refractivity contribution < 1.29 is 47.5 Å². The lowest BCUT2D eigenvalue weighted by molar-refractivity contribution is -0.161. The summed E-state index contributed by atoms with van der Waals surface area (Å²) in [4.78, 5) is 45.8. The Bertz CT molecular complexity index is 1240. The summed E-state index contributed by atoms with van der Waals surface area (Å²) >= 11 is 0. The van der Waals surface area contributed by atoms with Crippen LogP contribution in [0.2, 0.25) is 0 Å². The number of esters is 2. The number of phosphoric acid groups is 1. The standard InChI is InChI=1S/C42H68NO10P/c1-3-5-7-9-11-13-15-17-19-21-23-25-27-29-31-33-40(44)50-35-38(36-51-54(48,49)52-37-39(43)42(46)47)53-41(45)34-32-30-28-26-24-22-20-18-16-14-12-10-8-6-4-2/h5,7,11-14,17-20,23-26,38-39H,3-4,6,8-10,15-16,21-22,27-37,43H2,1-2H3,(H,46,47)(H,48,49)/b7-5+,13-11+,14-12+,19-17+,20-18+,25-23+,26-24+/t38-,39+/m1/s1. The molecule has 0 radical (unpaired) electrons. The van der Waals surface area contributed by atoms with Crippen LogP contribution in [0.15, 0.2) is 85.1 Å². The fourth-order valence-electron chi connectivity index (χ4n) is 4.53. The van der Waals surface area contributed by atoms with E-state index in [0.29, 0.717) is 12.8 Å². The minimum Gasteiger partial charge on any atom is -0.480 e. The zero-order chi connectivity index (χ0) is 40.0. The van der Waals surface area contributed by atoms with E-state index in [0.717, 1.165) is 70.6 Å². The molecule has 0 saturated heterocycles. The molecule has 0 aliphatic rings. The second kappa shape index (κ2) is 36.6. The molecule has 0 saturated carbocycles. The molecule has 0 heterocycles. The fraction of sp³-hybridized carbons (Fsp3) is 0.595. The summed E-state index contributed by atoms with van der Waals surface area (Å²) in [5.74, 6) is -2.50. The van der Waals surface area contributed by atoms with E-state index in [-0.39, 0.29) is 19.4 Å². The average Bonchev–Trinajstić information content (AvgIpc) is 3.14. The molecule has 0 fully saturated rings. The normalized spacial score (nSPS) is 14.7. The maximum atomic E-state index is 12.6. The van der Waals surface area contributed by atoms with Crippen molar-refractivity contribution in [3.63, 3.8) is 0 Å². The minimum absolute atomic E-state index is 0.0980. The lowest BCUT2D eigenvalue weighted by Gasteiger charge is -2.20. The maximum Gasteiger partial charge on any atom is 0.472 e. The molecular formula is C42H68NO10P. The highest BCUT2D eigenvalue weighted by Gasteiger charge is 2.28. The van der Waals surface area contributed by atoms with Crippen LogP contribution < -0.4 is 5.73 Å². The van der Waals surface area contributed by atoms with E-state index in [1.54, 1.807) is 0 Å². The van der Waals surface area contributed by atoms with Crippen molar-refractivity contribution >= 4 is 25.7 Å². The van der Waals surface area contributed by atoms with Gasteiger partial charge in [0, 0.05) is 12.8 Å². The molecule has 0 rings (SSSR count). The van der Waals surface area contributed by atoms with E-state index in [4.69, 9.17) is 24.8 Å². The summed E-state index contributed by atoms with van der Waals surface area (Å²) < 4.78 is 32.5. The summed E-state index contributed by atoms with van der Waals surface area (Å²) in [7, 11) is -4.74. The summed E-state index contributed by atoms with van der Waals surface area (Å²) in [5.41, 5.74) is 5.31. The maximum absolute atomic E-state index is 12.6. The van der Waals surface area contributed by atoms with Crippen LogP contribution in [0.4, 0.5) is 0 Å². The van der Waals surface area contributed by atoms with Crippen molar-refractivity contribution in [1.29, 1.82) is 0 Å². The average molecular weight is 778 g/mol. The third kappa shape index (κ3) is 35.7. The number of rotatable bonds is 35. The number of unbranched alkanes of at least 4 members (excludes halogenated alkanes) is 7. The first-order valence-corrected chi connectivity index (χ1v) is 21.1. The number of carbonyl (C=O) groups excluding carboxylic acids is 2. The van der Waals surface area contributed by atoms with Gasteiger partial charge >= 0.3 is 25.7 Å². The number of carbonyl (C=O) groups is 3. The van der Waals surface area contributed by atoms with E-state index >= 15 is 0 Å². The van der Waals surface area contributed by atoms with E-state index in [1.165, 1.54) is 19.3 Å². The molecule has 4 N–H and O–H groups in total. The number of hydrogen-bond donors (Lipinski definition) is 3. The number of allylic oxidation sites excluding steroid dienone is 14. The van der Waals surface area contributed by atoms with Gasteiger partial charge in [-0.1, -0.05) is 112 Å². The van der Waals surface area contributed by atoms with Gasteiger partial charge in [0.05, 0.1) is 13.2 Å². The Labute approximate surface area is 324 Å². The van der Waals surface area contributed by atoms with Crippen LogP contribution in [-0.4, -0.2) is 59.9 Å². The van der Waals surface area contributed by atoms with Crippen LogP contribution in [0.5, 0.6) is 0 Å². The van der Waals surface area contributed by atoms with Gasteiger partial charge in [0.25, 0.3) is 0 Å². The Kier molecular flexibility index (Phi) is 34.4. The number of hydrogen-bond acceptors (Lipinski definition) is 9.